The topological polar surface area (TPSA) is 107 Å². The Morgan fingerprint density at radius 2 is 1.74 bits per heavy atom. The maximum Gasteiger partial charge on any atom is 0.407 e. The van der Waals surface area contributed by atoms with Crippen molar-refractivity contribution in [3.05, 3.63) is 106 Å². The lowest BCUT2D eigenvalue weighted by Gasteiger charge is -2.34. The Labute approximate surface area is 227 Å². The molecule has 208 valence electrons. The molecule has 7 nitrogen and oxygen atoms in total. The Morgan fingerprint density at radius 1 is 1.05 bits per heavy atom. The van der Waals surface area contributed by atoms with Gasteiger partial charge in [-0.1, -0.05) is 55.5 Å². The quantitative estimate of drug-likeness (QED) is 0.340. The fourth-order valence-corrected chi connectivity index (χ4v) is 6.66. The number of rotatable bonds is 10. The molecule has 1 aliphatic rings. The van der Waals surface area contributed by atoms with Gasteiger partial charge in [0.2, 0.25) is 0 Å². The van der Waals surface area contributed by atoms with E-state index in [-0.39, 0.29) is 31.0 Å². The molecule has 0 radical (unpaired) electrons. The largest absolute Gasteiger partial charge is 0.465 e. The molecule has 3 N–H and O–H groups in total. The standard InChI is InChI=1S/C29H32F2N2O5S/c1-2-19-8-9-22-17-39(37,38)18-26(25(22)14-19)32-28(21-6-4-3-5-7-21)27(34)16-33(29(35)36)11-10-20-12-23(30)15-24(31)13-20/h3-9,12-15,26-28,32,34H,2,10-11,16-18H2,1H3,(H,35,36)/t26-,27?,28?/m0/s1. The molecule has 4 rings (SSSR count). The Kier molecular flexibility index (Phi) is 8.99. The lowest BCUT2D eigenvalue weighted by molar-refractivity contribution is 0.0708. The summed E-state index contributed by atoms with van der Waals surface area (Å²) < 4.78 is 52.7. The minimum Gasteiger partial charge on any atom is -0.465 e. The lowest BCUT2D eigenvalue weighted by atomic mass is 9.94. The zero-order valence-electron chi connectivity index (χ0n) is 21.6. The maximum absolute atomic E-state index is 13.6. The summed E-state index contributed by atoms with van der Waals surface area (Å²) in [5.41, 5.74) is 3.56. The molecule has 0 aliphatic carbocycles. The Balaban J connectivity index is 1.59. The fraction of sp³-hybridized carbons (Fsp3) is 0.345. The van der Waals surface area contributed by atoms with Crippen LogP contribution in [0.1, 0.15) is 46.8 Å². The molecule has 0 saturated heterocycles. The highest BCUT2D eigenvalue weighted by Crippen LogP contribution is 2.32. The Morgan fingerprint density at radius 3 is 2.38 bits per heavy atom. The summed E-state index contributed by atoms with van der Waals surface area (Å²) in [6.45, 7) is 1.61. The van der Waals surface area contributed by atoms with Crippen LogP contribution < -0.4 is 5.32 Å². The van der Waals surface area contributed by atoms with Crippen LogP contribution in [0.5, 0.6) is 0 Å². The van der Waals surface area contributed by atoms with Crippen LogP contribution in [0.15, 0.2) is 66.7 Å². The van der Waals surface area contributed by atoms with Crippen LogP contribution in [0.3, 0.4) is 0 Å². The summed E-state index contributed by atoms with van der Waals surface area (Å²) in [6.07, 6.45) is -1.73. The highest BCUT2D eigenvalue weighted by Gasteiger charge is 2.34. The summed E-state index contributed by atoms with van der Waals surface area (Å²) in [4.78, 5) is 13.0. The van der Waals surface area contributed by atoms with Crippen molar-refractivity contribution in [2.24, 2.45) is 0 Å². The number of carbonyl (C=O) groups is 1. The van der Waals surface area contributed by atoms with Crippen LogP contribution in [0, 0.1) is 11.6 Å². The van der Waals surface area contributed by atoms with Gasteiger partial charge in [0.1, 0.15) is 11.6 Å². The second-order valence-corrected chi connectivity index (χ2v) is 12.0. The molecule has 0 aromatic heterocycles. The van der Waals surface area contributed by atoms with E-state index in [0.717, 1.165) is 40.6 Å². The predicted molar refractivity (Wildman–Crippen MR) is 144 cm³/mol. The number of aryl methyl sites for hydroxylation is 1. The van der Waals surface area contributed by atoms with Gasteiger partial charge in [-0.15, -0.1) is 0 Å². The van der Waals surface area contributed by atoms with Crippen LogP contribution in [0.25, 0.3) is 0 Å². The van der Waals surface area contributed by atoms with E-state index in [1.165, 1.54) is 0 Å². The van der Waals surface area contributed by atoms with Gasteiger partial charge in [-0.05, 0) is 52.8 Å². The van der Waals surface area contributed by atoms with E-state index in [9.17, 15) is 32.2 Å². The second kappa shape index (κ2) is 12.2. The minimum absolute atomic E-state index is 0.0468. The minimum atomic E-state index is -3.41. The van der Waals surface area contributed by atoms with Crippen molar-refractivity contribution in [3.8, 4) is 0 Å². The number of hydrogen-bond acceptors (Lipinski definition) is 5. The number of aliphatic hydroxyl groups is 1. The number of nitrogens with zero attached hydrogens (tertiary/aromatic N) is 1. The number of amides is 1. The molecule has 0 bridgehead atoms. The molecule has 1 aliphatic heterocycles. The molecule has 3 aromatic carbocycles. The van der Waals surface area contributed by atoms with Gasteiger partial charge in [0, 0.05) is 18.7 Å². The van der Waals surface area contributed by atoms with Gasteiger partial charge in [-0.2, -0.15) is 0 Å². The molecular weight excluding hydrogens is 526 g/mol. The van der Waals surface area contributed by atoms with E-state index in [1.54, 1.807) is 24.3 Å². The third-order valence-corrected chi connectivity index (χ3v) is 8.58. The summed E-state index contributed by atoms with van der Waals surface area (Å²) in [5.74, 6) is -1.73. The van der Waals surface area contributed by atoms with Gasteiger partial charge in [0.05, 0.1) is 30.2 Å². The number of hydrogen-bond donors (Lipinski definition) is 3. The van der Waals surface area contributed by atoms with Gasteiger partial charge in [0.15, 0.2) is 9.84 Å². The summed E-state index contributed by atoms with van der Waals surface area (Å²) in [7, 11) is -3.41. The van der Waals surface area contributed by atoms with E-state index in [1.807, 2.05) is 31.2 Å². The number of carboxylic acid groups (broad SMARTS) is 1. The van der Waals surface area contributed by atoms with Crippen LogP contribution in [-0.4, -0.2) is 54.6 Å². The SMILES string of the molecule is CCc1ccc2c(c1)[C@@H](NC(c1ccccc1)C(O)CN(CCc1cc(F)cc(F)c1)C(=O)O)CS(=O)(=O)C2. The number of fused-ring (bicyclic) bond motifs is 1. The summed E-state index contributed by atoms with van der Waals surface area (Å²) in [5, 5.41) is 24.5. The maximum atomic E-state index is 13.6. The molecule has 10 heteroatoms. The van der Waals surface area contributed by atoms with Gasteiger partial charge >= 0.3 is 6.09 Å². The van der Waals surface area contributed by atoms with Crippen LogP contribution in [-0.2, 0) is 28.4 Å². The molecule has 3 aromatic rings. The first-order valence-corrected chi connectivity index (χ1v) is 14.6. The number of aliphatic hydroxyl groups excluding tert-OH is 1. The molecule has 2 unspecified atom stereocenters. The van der Waals surface area contributed by atoms with Crippen LogP contribution in [0.4, 0.5) is 13.6 Å². The number of nitrogens with one attached hydrogen (secondary N) is 1. The smallest absolute Gasteiger partial charge is 0.407 e. The monoisotopic (exact) mass is 558 g/mol. The van der Waals surface area contributed by atoms with Crippen molar-refractivity contribution in [2.45, 2.75) is 43.7 Å². The van der Waals surface area contributed by atoms with E-state index >= 15 is 0 Å². The van der Waals surface area contributed by atoms with Gasteiger partial charge in [0.25, 0.3) is 0 Å². The van der Waals surface area contributed by atoms with E-state index < -0.39 is 45.8 Å². The molecule has 1 amide bonds. The summed E-state index contributed by atoms with van der Waals surface area (Å²) >= 11 is 0. The third-order valence-electron chi connectivity index (χ3n) is 6.98. The molecule has 0 saturated carbocycles. The highest BCUT2D eigenvalue weighted by molar-refractivity contribution is 7.90. The molecule has 0 fully saturated rings. The van der Waals surface area contributed by atoms with Crippen molar-refractivity contribution in [2.75, 3.05) is 18.8 Å². The van der Waals surface area contributed by atoms with Crippen LogP contribution >= 0.6 is 0 Å². The molecular formula is C29H32F2N2O5S. The summed E-state index contributed by atoms with van der Waals surface area (Å²) in [6, 6.07) is 16.3. The first-order valence-electron chi connectivity index (χ1n) is 12.8. The number of benzene rings is 3. The lowest BCUT2D eigenvalue weighted by Crippen LogP contribution is -2.46. The predicted octanol–water partition coefficient (Wildman–Crippen LogP) is 4.41. The number of sulfone groups is 1. The Bertz CT molecular complexity index is 1400. The normalized spacial score (nSPS) is 17.7. The third kappa shape index (κ3) is 7.40. The molecule has 0 spiro atoms. The molecule has 39 heavy (non-hydrogen) atoms. The van der Waals surface area contributed by atoms with Gasteiger partial charge in [-0.25, -0.2) is 22.0 Å². The first-order chi connectivity index (χ1) is 18.5. The Hall–Kier alpha value is -3.34. The van der Waals surface area contributed by atoms with Crippen molar-refractivity contribution in [3.63, 3.8) is 0 Å². The highest BCUT2D eigenvalue weighted by atomic mass is 32.2. The van der Waals surface area contributed by atoms with Gasteiger partial charge < -0.3 is 15.1 Å². The van der Waals surface area contributed by atoms with E-state index in [4.69, 9.17) is 0 Å². The van der Waals surface area contributed by atoms with Gasteiger partial charge in [-0.3, -0.25) is 5.32 Å². The van der Waals surface area contributed by atoms with Crippen molar-refractivity contribution < 1.29 is 32.2 Å². The zero-order valence-corrected chi connectivity index (χ0v) is 22.4. The molecule has 3 atom stereocenters. The van der Waals surface area contributed by atoms with Crippen molar-refractivity contribution >= 4 is 15.9 Å². The second-order valence-electron chi connectivity index (χ2n) is 9.87. The average Bonchev–Trinajstić information content (AvgIpc) is 2.88. The number of halogens is 2. The first kappa shape index (κ1) is 28.7. The van der Waals surface area contributed by atoms with Crippen LogP contribution in [0.2, 0.25) is 0 Å². The van der Waals surface area contributed by atoms with Crippen molar-refractivity contribution in [1.29, 1.82) is 0 Å². The van der Waals surface area contributed by atoms with E-state index in [0.29, 0.717) is 16.7 Å². The van der Waals surface area contributed by atoms with E-state index in [2.05, 4.69) is 5.32 Å². The average molecular weight is 559 g/mol. The fourth-order valence-electron chi connectivity index (χ4n) is 5.02. The van der Waals surface area contributed by atoms with Crippen molar-refractivity contribution in [1.82, 2.24) is 10.2 Å². The molecule has 1 heterocycles. The zero-order chi connectivity index (χ0) is 28.2.